The van der Waals surface area contributed by atoms with Crippen LogP contribution < -0.4 is 4.74 Å². The molecule has 2 aromatic carbocycles. The van der Waals surface area contributed by atoms with Gasteiger partial charge in [0.25, 0.3) is 5.91 Å². The average molecular weight is 442 g/mol. The van der Waals surface area contributed by atoms with Gasteiger partial charge in [-0.2, -0.15) is 17.5 Å². The van der Waals surface area contributed by atoms with Crippen molar-refractivity contribution in [3.05, 3.63) is 59.7 Å². The number of nitrogens with zero attached hydrogens (tertiary/aromatic N) is 2. The molecule has 0 aromatic heterocycles. The van der Waals surface area contributed by atoms with Crippen LogP contribution in [0.15, 0.2) is 53.4 Å². The summed E-state index contributed by atoms with van der Waals surface area (Å²) in [6.07, 6.45) is -4.53. The summed E-state index contributed by atoms with van der Waals surface area (Å²) in [4.78, 5) is 13.7. The van der Waals surface area contributed by atoms with Gasteiger partial charge in [0.2, 0.25) is 10.0 Å². The summed E-state index contributed by atoms with van der Waals surface area (Å²) >= 11 is 0. The largest absolute Gasteiger partial charge is 0.484 e. The summed E-state index contributed by atoms with van der Waals surface area (Å²) in [5, 5.41) is 0. The van der Waals surface area contributed by atoms with E-state index in [0.29, 0.717) is 5.75 Å². The van der Waals surface area contributed by atoms with Gasteiger partial charge in [-0.15, -0.1) is 0 Å². The van der Waals surface area contributed by atoms with Crippen molar-refractivity contribution in [2.75, 3.05) is 32.8 Å². The van der Waals surface area contributed by atoms with Crippen LogP contribution in [0, 0.1) is 6.92 Å². The second kappa shape index (κ2) is 8.65. The number of aryl methyl sites for hydroxylation is 1. The average Bonchev–Trinajstić information content (AvgIpc) is 2.72. The summed E-state index contributed by atoms with van der Waals surface area (Å²) in [6, 6.07) is 10.7. The minimum Gasteiger partial charge on any atom is -0.484 e. The molecule has 0 spiro atoms. The Morgan fingerprint density at radius 2 is 1.60 bits per heavy atom. The van der Waals surface area contributed by atoms with Crippen molar-refractivity contribution < 1.29 is 31.1 Å². The van der Waals surface area contributed by atoms with Crippen molar-refractivity contribution in [3.8, 4) is 5.75 Å². The second-order valence-corrected chi connectivity index (χ2v) is 8.80. The van der Waals surface area contributed by atoms with Crippen molar-refractivity contribution in [1.29, 1.82) is 0 Å². The van der Waals surface area contributed by atoms with Crippen LogP contribution in [-0.4, -0.2) is 56.3 Å². The number of carbonyl (C=O) groups is 1. The van der Waals surface area contributed by atoms with Gasteiger partial charge in [-0.1, -0.05) is 18.2 Å². The Labute approximate surface area is 172 Å². The maximum Gasteiger partial charge on any atom is 0.416 e. The molecule has 1 fully saturated rings. The molecule has 0 saturated carbocycles. The highest BCUT2D eigenvalue weighted by atomic mass is 32.2. The monoisotopic (exact) mass is 442 g/mol. The van der Waals surface area contributed by atoms with Gasteiger partial charge < -0.3 is 9.64 Å². The van der Waals surface area contributed by atoms with Crippen LogP contribution in [0.3, 0.4) is 0 Å². The lowest BCUT2D eigenvalue weighted by Gasteiger charge is -2.34. The number of carbonyl (C=O) groups excluding carboxylic acids is 1. The number of hydrogen-bond donors (Lipinski definition) is 0. The Bertz CT molecular complexity index is 999. The molecule has 2 aromatic rings. The highest BCUT2D eigenvalue weighted by Crippen LogP contribution is 2.30. The Morgan fingerprint density at radius 3 is 2.17 bits per heavy atom. The fraction of sp³-hybridized carbons (Fsp3) is 0.350. The van der Waals surface area contributed by atoms with Crippen molar-refractivity contribution >= 4 is 15.9 Å². The molecule has 1 aliphatic heterocycles. The molecule has 0 aliphatic carbocycles. The number of alkyl halides is 3. The van der Waals surface area contributed by atoms with Crippen molar-refractivity contribution in [2.24, 2.45) is 0 Å². The van der Waals surface area contributed by atoms with Gasteiger partial charge in [0.15, 0.2) is 6.61 Å². The Morgan fingerprint density at radius 1 is 1.00 bits per heavy atom. The predicted octanol–water partition coefficient (Wildman–Crippen LogP) is 2.93. The van der Waals surface area contributed by atoms with Crippen LogP contribution in [0.4, 0.5) is 13.2 Å². The molecule has 1 amide bonds. The zero-order chi connectivity index (χ0) is 21.9. The quantitative estimate of drug-likeness (QED) is 0.714. The number of sulfonamides is 1. The number of para-hydroxylation sites is 1. The predicted molar refractivity (Wildman–Crippen MR) is 103 cm³/mol. The third kappa shape index (κ3) is 4.93. The molecule has 0 unspecified atom stereocenters. The zero-order valence-corrected chi connectivity index (χ0v) is 17.0. The lowest BCUT2D eigenvalue weighted by Crippen LogP contribution is -2.51. The third-order valence-electron chi connectivity index (χ3n) is 4.86. The first-order valence-electron chi connectivity index (χ1n) is 9.22. The standard InChI is InChI=1S/C20H21F3N2O4S/c1-15-4-2-3-5-18(15)29-14-19(26)24-10-12-25(13-11-24)30(27,28)17-8-6-16(7-9-17)20(21,22)23/h2-9H,10-14H2,1H3. The van der Waals surface area contributed by atoms with E-state index in [-0.39, 0.29) is 43.6 Å². The molecule has 0 bridgehead atoms. The topological polar surface area (TPSA) is 66.9 Å². The first-order valence-corrected chi connectivity index (χ1v) is 10.7. The van der Waals surface area contributed by atoms with Crippen molar-refractivity contribution in [2.45, 2.75) is 18.0 Å². The summed E-state index contributed by atoms with van der Waals surface area (Å²) < 4.78 is 70.1. The molecule has 162 valence electrons. The maximum atomic E-state index is 12.7. The van der Waals surface area contributed by atoms with E-state index in [0.717, 1.165) is 29.8 Å². The number of hydrogen-bond acceptors (Lipinski definition) is 4. The number of halogens is 3. The molecule has 0 atom stereocenters. The fourth-order valence-electron chi connectivity index (χ4n) is 3.09. The van der Waals surface area contributed by atoms with Crippen LogP contribution in [0.1, 0.15) is 11.1 Å². The minimum atomic E-state index is -4.53. The number of amides is 1. The molecule has 6 nitrogen and oxygen atoms in total. The molecular formula is C20H21F3N2O4S. The molecule has 10 heteroatoms. The number of benzene rings is 2. The lowest BCUT2D eigenvalue weighted by molar-refractivity contribution is -0.137. The molecule has 0 radical (unpaired) electrons. The maximum absolute atomic E-state index is 12.7. The van der Waals surface area contributed by atoms with E-state index in [4.69, 9.17) is 4.74 Å². The Kier molecular flexibility index (Phi) is 6.37. The van der Waals surface area contributed by atoms with E-state index in [2.05, 4.69) is 0 Å². The van der Waals surface area contributed by atoms with E-state index in [1.807, 2.05) is 19.1 Å². The van der Waals surface area contributed by atoms with Gasteiger partial charge in [0, 0.05) is 26.2 Å². The highest BCUT2D eigenvalue weighted by molar-refractivity contribution is 7.89. The molecule has 0 N–H and O–H groups in total. The van der Waals surface area contributed by atoms with E-state index >= 15 is 0 Å². The molecule has 1 heterocycles. The normalized spacial score (nSPS) is 15.8. The fourth-order valence-corrected chi connectivity index (χ4v) is 4.51. The lowest BCUT2D eigenvalue weighted by atomic mass is 10.2. The smallest absolute Gasteiger partial charge is 0.416 e. The molecule has 30 heavy (non-hydrogen) atoms. The highest BCUT2D eigenvalue weighted by Gasteiger charge is 2.33. The first-order chi connectivity index (χ1) is 14.1. The minimum absolute atomic E-state index is 0.0550. The van der Waals surface area contributed by atoms with Crippen LogP contribution in [0.2, 0.25) is 0 Å². The molecule has 1 saturated heterocycles. The van der Waals surface area contributed by atoms with Crippen molar-refractivity contribution in [3.63, 3.8) is 0 Å². The van der Waals surface area contributed by atoms with Crippen LogP contribution in [0.5, 0.6) is 5.75 Å². The molecular weight excluding hydrogens is 421 g/mol. The van der Waals surface area contributed by atoms with Gasteiger partial charge >= 0.3 is 6.18 Å². The summed E-state index contributed by atoms with van der Waals surface area (Å²) in [7, 11) is -3.94. The second-order valence-electron chi connectivity index (χ2n) is 6.86. The Hall–Kier alpha value is -2.59. The van der Waals surface area contributed by atoms with E-state index < -0.39 is 21.8 Å². The van der Waals surface area contributed by atoms with E-state index in [1.165, 1.54) is 9.21 Å². The van der Waals surface area contributed by atoms with Gasteiger partial charge in [-0.05, 0) is 42.8 Å². The first kappa shape index (κ1) is 22.1. The summed E-state index contributed by atoms with van der Waals surface area (Å²) in [6.45, 7) is 2.17. The summed E-state index contributed by atoms with van der Waals surface area (Å²) in [5.74, 6) is 0.346. The molecule has 1 aliphatic rings. The SMILES string of the molecule is Cc1ccccc1OCC(=O)N1CCN(S(=O)(=O)c2ccc(C(F)(F)F)cc2)CC1. The van der Waals surface area contributed by atoms with Gasteiger partial charge in [0.1, 0.15) is 5.75 Å². The molecule has 3 rings (SSSR count). The third-order valence-corrected chi connectivity index (χ3v) is 6.77. The van der Waals surface area contributed by atoms with Crippen LogP contribution >= 0.6 is 0 Å². The zero-order valence-electron chi connectivity index (χ0n) is 16.2. The van der Waals surface area contributed by atoms with E-state index in [1.54, 1.807) is 12.1 Å². The van der Waals surface area contributed by atoms with Gasteiger partial charge in [0.05, 0.1) is 10.5 Å². The number of ether oxygens (including phenoxy) is 1. The van der Waals surface area contributed by atoms with E-state index in [9.17, 15) is 26.4 Å². The van der Waals surface area contributed by atoms with Crippen LogP contribution in [0.25, 0.3) is 0 Å². The van der Waals surface area contributed by atoms with Gasteiger partial charge in [-0.3, -0.25) is 4.79 Å². The van der Waals surface area contributed by atoms with Crippen molar-refractivity contribution in [1.82, 2.24) is 9.21 Å². The Balaban J connectivity index is 1.57. The summed E-state index contributed by atoms with van der Waals surface area (Å²) in [5.41, 5.74) is -0.0109. The van der Waals surface area contributed by atoms with Gasteiger partial charge in [-0.25, -0.2) is 8.42 Å². The number of piperazine rings is 1. The number of rotatable bonds is 5. The van der Waals surface area contributed by atoms with Crippen LogP contribution in [-0.2, 0) is 21.0 Å².